The van der Waals surface area contributed by atoms with E-state index in [9.17, 15) is 0 Å². The van der Waals surface area contributed by atoms with E-state index in [-0.39, 0.29) is 0 Å². The quantitative estimate of drug-likeness (QED) is 0.370. The molecule has 0 heterocycles. The summed E-state index contributed by atoms with van der Waals surface area (Å²) in [4.78, 5) is 5.36. The van der Waals surface area contributed by atoms with Crippen LogP contribution in [0.2, 0.25) is 0 Å². The Kier molecular flexibility index (Phi) is 6.27. The molecule has 4 nitrogen and oxygen atoms in total. The second-order valence-corrected chi connectivity index (χ2v) is 5.11. The zero-order valence-corrected chi connectivity index (χ0v) is 10.6. The van der Waals surface area contributed by atoms with Gasteiger partial charge in [0.25, 0.3) is 0 Å². The predicted octanol–water partition coefficient (Wildman–Crippen LogP) is 3.59. The molecule has 0 radical (unpaired) electrons. The van der Waals surface area contributed by atoms with Crippen molar-refractivity contribution in [3.8, 4) is 0 Å². The van der Waals surface area contributed by atoms with E-state index in [2.05, 4.69) is 28.8 Å². The second-order valence-electron chi connectivity index (χ2n) is 5.11. The maximum absolute atomic E-state index is 8.30. The fraction of sp³-hybridized carbons (Fsp3) is 1.00. The van der Waals surface area contributed by atoms with E-state index in [0.29, 0.717) is 6.54 Å². The van der Waals surface area contributed by atoms with Crippen LogP contribution < -0.4 is 0 Å². The molecule has 0 bridgehead atoms. The maximum atomic E-state index is 8.30. The molecule has 1 fully saturated rings. The molecule has 0 N–H and O–H groups in total. The SMILES string of the molecule is CC(C)CCN(CCN=[N+]=[N-])C1CCCC1. The zero-order valence-electron chi connectivity index (χ0n) is 10.6. The van der Waals surface area contributed by atoms with Crippen LogP contribution in [0, 0.1) is 5.92 Å². The molecule has 0 amide bonds. The predicted molar refractivity (Wildman–Crippen MR) is 67.3 cm³/mol. The van der Waals surface area contributed by atoms with Crippen molar-refractivity contribution in [2.75, 3.05) is 19.6 Å². The van der Waals surface area contributed by atoms with Crippen LogP contribution >= 0.6 is 0 Å². The van der Waals surface area contributed by atoms with Gasteiger partial charge in [0.15, 0.2) is 0 Å². The van der Waals surface area contributed by atoms with Gasteiger partial charge in [-0.1, -0.05) is 31.8 Å². The van der Waals surface area contributed by atoms with Crippen molar-refractivity contribution in [3.63, 3.8) is 0 Å². The lowest BCUT2D eigenvalue weighted by Crippen LogP contribution is -2.36. The summed E-state index contributed by atoms with van der Waals surface area (Å²) in [5.74, 6) is 0.753. The van der Waals surface area contributed by atoms with E-state index in [0.717, 1.165) is 25.0 Å². The van der Waals surface area contributed by atoms with Crippen LogP contribution in [0.1, 0.15) is 46.0 Å². The van der Waals surface area contributed by atoms with E-state index in [1.165, 1.54) is 32.1 Å². The molecule has 1 aliphatic carbocycles. The summed E-state index contributed by atoms with van der Waals surface area (Å²) in [6, 6.07) is 0.743. The lowest BCUT2D eigenvalue weighted by Gasteiger charge is -2.28. The monoisotopic (exact) mass is 224 g/mol. The number of hydrogen-bond acceptors (Lipinski definition) is 2. The van der Waals surface area contributed by atoms with Crippen molar-refractivity contribution in [2.45, 2.75) is 52.0 Å². The molecule has 0 saturated heterocycles. The Morgan fingerprint density at radius 1 is 1.31 bits per heavy atom. The van der Waals surface area contributed by atoms with Crippen molar-refractivity contribution in [1.82, 2.24) is 4.90 Å². The molecule has 4 heteroatoms. The molecule has 0 aliphatic heterocycles. The Morgan fingerprint density at radius 2 is 2.00 bits per heavy atom. The highest BCUT2D eigenvalue weighted by molar-refractivity contribution is 4.78. The van der Waals surface area contributed by atoms with Gasteiger partial charge in [-0.25, -0.2) is 0 Å². The number of rotatable bonds is 7. The molecule has 1 saturated carbocycles. The first-order valence-corrected chi connectivity index (χ1v) is 6.49. The van der Waals surface area contributed by atoms with Gasteiger partial charge in [0.2, 0.25) is 0 Å². The minimum Gasteiger partial charge on any atom is -0.300 e. The third kappa shape index (κ3) is 4.86. The van der Waals surface area contributed by atoms with Crippen LogP contribution in [0.4, 0.5) is 0 Å². The van der Waals surface area contributed by atoms with Crippen molar-refractivity contribution >= 4 is 0 Å². The number of azide groups is 1. The Labute approximate surface area is 98.6 Å². The second kappa shape index (κ2) is 7.53. The maximum Gasteiger partial charge on any atom is 0.0385 e. The van der Waals surface area contributed by atoms with Gasteiger partial charge in [0.05, 0.1) is 0 Å². The summed E-state index contributed by atoms with van der Waals surface area (Å²) in [5, 5.41) is 3.65. The number of nitrogens with zero attached hydrogens (tertiary/aromatic N) is 4. The smallest absolute Gasteiger partial charge is 0.0385 e. The lowest BCUT2D eigenvalue weighted by atomic mass is 10.1. The van der Waals surface area contributed by atoms with Gasteiger partial charge in [-0.2, -0.15) is 0 Å². The normalized spacial score (nSPS) is 17.0. The molecule has 92 valence electrons. The fourth-order valence-corrected chi connectivity index (χ4v) is 2.39. The molecule has 0 aromatic heterocycles. The fourth-order valence-electron chi connectivity index (χ4n) is 2.39. The van der Waals surface area contributed by atoms with Crippen LogP contribution in [0.25, 0.3) is 10.4 Å². The molecule has 1 aliphatic rings. The highest BCUT2D eigenvalue weighted by Gasteiger charge is 2.21. The summed E-state index contributed by atoms with van der Waals surface area (Å²) < 4.78 is 0. The molecule has 0 unspecified atom stereocenters. The highest BCUT2D eigenvalue weighted by Crippen LogP contribution is 2.23. The molecule has 0 atom stereocenters. The minimum atomic E-state index is 0.616. The average Bonchev–Trinajstić information content (AvgIpc) is 2.76. The zero-order chi connectivity index (χ0) is 11.8. The van der Waals surface area contributed by atoms with E-state index in [4.69, 9.17) is 5.53 Å². The first-order chi connectivity index (χ1) is 7.74. The first-order valence-electron chi connectivity index (χ1n) is 6.49. The molecule has 16 heavy (non-hydrogen) atoms. The van der Waals surface area contributed by atoms with E-state index in [1.807, 2.05) is 0 Å². The van der Waals surface area contributed by atoms with Crippen LogP contribution in [0.3, 0.4) is 0 Å². The van der Waals surface area contributed by atoms with Crippen LogP contribution in [-0.2, 0) is 0 Å². The third-order valence-electron chi connectivity index (χ3n) is 3.39. The largest absolute Gasteiger partial charge is 0.300 e. The number of hydrogen-bond donors (Lipinski definition) is 0. The Balaban J connectivity index is 2.36. The van der Waals surface area contributed by atoms with Gasteiger partial charge in [0.1, 0.15) is 0 Å². The summed E-state index contributed by atoms with van der Waals surface area (Å²) in [6.07, 6.45) is 6.63. The van der Waals surface area contributed by atoms with Crippen molar-refractivity contribution in [1.29, 1.82) is 0 Å². The van der Waals surface area contributed by atoms with Gasteiger partial charge < -0.3 is 4.90 Å². The molecule has 1 rings (SSSR count). The van der Waals surface area contributed by atoms with Gasteiger partial charge in [0, 0.05) is 24.0 Å². The summed E-state index contributed by atoms with van der Waals surface area (Å²) >= 11 is 0. The van der Waals surface area contributed by atoms with Crippen LogP contribution in [0.5, 0.6) is 0 Å². The van der Waals surface area contributed by atoms with Gasteiger partial charge in [-0.15, -0.1) is 0 Å². The molecular formula is C12H24N4. The summed E-state index contributed by atoms with van der Waals surface area (Å²) in [6.45, 7) is 7.23. The van der Waals surface area contributed by atoms with Crippen LogP contribution in [-0.4, -0.2) is 30.6 Å². The topological polar surface area (TPSA) is 52.0 Å². The lowest BCUT2D eigenvalue weighted by molar-refractivity contribution is 0.193. The highest BCUT2D eigenvalue weighted by atomic mass is 15.2. The van der Waals surface area contributed by atoms with Gasteiger partial charge in [-0.05, 0) is 37.3 Å². The minimum absolute atomic E-state index is 0.616. The van der Waals surface area contributed by atoms with E-state index in [1.54, 1.807) is 0 Å². The third-order valence-corrected chi connectivity index (χ3v) is 3.39. The summed E-state index contributed by atoms with van der Waals surface area (Å²) in [5.41, 5.74) is 8.30. The summed E-state index contributed by atoms with van der Waals surface area (Å²) in [7, 11) is 0. The van der Waals surface area contributed by atoms with Crippen molar-refractivity contribution in [3.05, 3.63) is 10.4 Å². The van der Waals surface area contributed by atoms with Gasteiger partial charge in [-0.3, -0.25) is 0 Å². The van der Waals surface area contributed by atoms with E-state index >= 15 is 0 Å². The molecule has 0 aromatic carbocycles. The average molecular weight is 224 g/mol. The Hall–Kier alpha value is -0.730. The van der Waals surface area contributed by atoms with Crippen molar-refractivity contribution in [2.24, 2.45) is 11.0 Å². The Morgan fingerprint density at radius 3 is 2.56 bits per heavy atom. The first kappa shape index (κ1) is 13.3. The van der Waals surface area contributed by atoms with Crippen LogP contribution in [0.15, 0.2) is 5.11 Å². The molecule has 0 aromatic rings. The van der Waals surface area contributed by atoms with Gasteiger partial charge >= 0.3 is 0 Å². The van der Waals surface area contributed by atoms with E-state index < -0.39 is 0 Å². The standard InChI is InChI=1S/C12H24N4/c1-11(2)7-9-16(10-8-14-15-13)12-5-3-4-6-12/h11-12H,3-10H2,1-2H3. The molecule has 0 spiro atoms. The Bertz CT molecular complexity index is 227. The molecular weight excluding hydrogens is 200 g/mol. The van der Waals surface area contributed by atoms with Crippen molar-refractivity contribution < 1.29 is 0 Å².